The van der Waals surface area contributed by atoms with Crippen LogP contribution in [0.4, 0.5) is 0 Å². The van der Waals surface area contributed by atoms with Crippen molar-refractivity contribution in [3.05, 3.63) is 40.8 Å². The molecule has 0 aliphatic heterocycles. The van der Waals surface area contributed by atoms with Crippen LogP contribution in [0.2, 0.25) is 0 Å². The molecule has 1 aromatic carbocycles. The van der Waals surface area contributed by atoms with E-state index in [0.717, 1.165) is 24.6 Å². The standard InChI is InChI=1S/C28H43NO6/c1-2-3-4-5-6-7-8-9-10-11-12-13-27(32)29-24(21-30)25(31)18-19-34-23-16-14-22-15-17-28(33)35-26(22)20-23/h14-17,20,24-25,30-31H,2-13,18-19,21H2,1H3,(H,29,32). The Kier molecular flexibility index (Phi) is 14.1. The van der Waals surface area contributed by atoms with Crippen molar-refractivity contribution in [1.82, 2.24) is 5.32 Å². The summed E-state index contributed by atoms with van der Waals surface area (Å²) in [4.78, 5) is 23.6. The zero-order chi connectivity index (χ0) is 25.3. The number of unbranched alkanes of at least 4 members (excludes halogenated alkanes) is 10. The fourth-order valence-corrected chi connectivity index (χ4v) is 4.12. The number of amides is 1. The topological polar surface area (TPSA) is 109 Å². The van der Waals surface area contributed by atoms with Gasteiger partial charge in [-0.1, -0.05) is 71.1 Å². The first-order valence-corrected chi connectivity index (χ1v) is 13.3. The van der Waals surface area contributed by atoms with Gasteiger partial charge in [-0.05, 0) is 24.6 Å². The molecule has 0 saturated heterocycles. The number of carbonyl (C=O) groups is 1. The molecule has 3 N–H and O–H groups in total. The smallest absolute Gasteiger partial charge is 0.336 e. The Bertz CT molecular complexity index is 912. The van der Waals surface area contributed by atoms with Crippen molar-refractivity contribution in [2.24, 2.45) is 0 Å². The molecule has 0 aliphatic carbocycles. The summed E-state index contributed by atoms with van der Waals surface area (Å²) in [5, 5.41) is 23.5. The van der Waals surface area contributed by atoms with Gasteiger partial charge < -0.3 is 24.7 Å². The van der Waals surface area contributed by atoms with Crippen LogP contribution in [0, 0.1) is 0 Å². The number of aliphatic hydroxyl groups is 2. The molecule has 0 aliphatic rings. The number of benzene rings is 1. The van der Waals surface area contributed by atoms with Crippen molar-refractivity contribution in [3.63, 3.8) is 0 Å². The number of aliphatic hydroxyl groups excluding tert-OH is 2. The first-order valence-electron chi connectivity index (χ1n) is 13.3. The molecule has 1 amide bonds. The van der Waals surface area contributed by atoms with Crippen molar-refractivity contribution >= 4 is 16.9 Å². The van der Waals surface area contributed by atoms with Crippen molar-refractivity contribution in [1.29, 1.82) is 0 Å². The Hall–Kier alpha value is -2.38. The van der Waals surface area contributed by atoms with E-state index >= 15 is 0 Å². The molecule has 0 radical (unpaired) electrons. The largest absolute Gasteiger partial charge is 0.493 e. The van der Waals surface area contributed by atoms with E-state index in [-0.39, 0.29) is 25.5 Å². The van der Waals surface area contributed by atoms with Gasteiger partial charge in [0.2, 0.25) is 5.91 Å². The molecule has 7 nitrogen and oxygen atoms in total. The van der Waals surface area contributed by atoms with E-state index in [1.165, 1.54) is 57.4 Å². The summed E-state index contributed by atoms with van der Waals surface area (Å²) in [6, 6.07) is 7.48. The zero-order valence-electron chi connectivity index (χ0n) is 21.2. The van der Waals surface area contributed by atoms with Gasteiger partial charge in [-0.3, -0.25) is 4.79 Å². The van der Waals surface area contributed by atoms with Gasteiger partial charge in [0.15, 0.2) is 0 Å². The average Bonchev–Trinajstić information content (AvgIpc) is 2.85. The molecular formula is C28H43NO6. The zero-order valence-corrected chi connectivity index (χ0v) is 21.2. The van der Waals surface area contributed by atoms with E-state index in [1.807, 2.05) is 0 Å². The minimum Gasteiger partial charge on any atom is -0.493 e. The highest BCUT2D eigenvalue weighted by Gasteiger charge is 2.20. The number of fused-ring (bicyclic) bond motifs is 1. The van der Waals surface area contributed by atoms with E-state index in [9.17, 15) is 19.8 Å². The first kappa shape index (κ1) is 28.9. The molecule has 0 bridgehead atoms. The molecule has 0 spiro atoms. The van der Waals surface area contributed by atoms with E-state index in [4.69, 9.17) is 9.15 Å². The van der Waals surface area contributed by atoms with Crippen LogP contribution in [-0.4, -0.2) is 41.5 Å². The molecular weight excluding hydrogens is 446 g/mol. The normalized spacial score (nSPS) is 13.0. The monoisotopic (exact) mass is 489 g/mol. The van der Waals surface area contributed by atoms with Crippen LogP contribution >= 0.6 is 0 Å². The average molecular weight is 490 g/mol. The molecule has 2 atom stereocenters. The summed E-state index contributed by atoms with van der Waals surface area (Å²) < 4.78 is 10.8. The third-order valence-electron chi connectivity index (χ3n) is 6.29. The van der Waals surface area contributed by atoms with Gasteiger partial charge in [-0.2, -0.15) is 0 Å². The quantitative estimate of drug-likeness (QED) is 0.187. The van der Waals surface area contributed by atoms with Crippen molar-refractivity contribution < 1.29 is 24.2 Å². The second kappa shape index (κ2) is 17.1. The lowest BCUT2D eigenvalue weighted by atomic mass is 10.0. The van der Waals surface area contributed by atoms with Gasteiger partial charge in [0, 0.05) is 30.4 Å². The molecule has 2 aromatic rings. The van der Waals surface area contributed by atoms with E-state index in [0.29, 0.717) is 17.8 Å². The fourth-order valence-electron chi connectivity index (χ4n) is 4.12. The number of nitrogens with one attached hydrogen (secondary N) is 1. The predicted octanol–water partition coefficient (Wildman–Crippen LogP) is 5.10. The highest BCUT2D eigenvalue weighted by molar-refractivity contribution is 5.77. The summed E-state index contributed by atoms with van der Waals surface area (Å²) in [6.45, 7) is 2.08. The lowest BCUT2D eigenvalue weighted by Crippen LogP contribution is -2.46. The number of ether oxygens (including phenoxy) is 1. The Morgan fingerprint density at radius 2 is 1.60 bits per heavy atom. The molecule has 7 heteroatoms. The summed E-state index contributed by atoms with van der Waals surface area (Å²) in [7, 11) is 0. The maximum atomic E-state index is 12.2. The number of hydrogen-bond acceptors (Lipinski definition) is 6. The maximum Gasteiger partial charge on any atom is 0.336 e. The van der Waals surface area contributed by atoms with Crippen LogP contribution < -0.4 is 15.7 Å². The fraction of sp³-hybridized carbons (Fsp3) is 0.643. The molecule has 2 rings (SSSR count). The SMILES string of the molecule is CCCCCCCCCCCCCC(=O)NC(CO)C(O)CCOc1ccc2ccc(=O)oc2c1. The molecule has 2 unspecified atom stereocenters. The second-order valence-electron chi connectivity index (χ2n) is 9.30. The number of carbonyl (C=O) groups excluding carboxylic acids is 1. The molecule has 1 aromatic heterocycles. The van der Waals surface area contributed by atoms with E-state index < -0.39 is 17.8 Å². The molecule has 35 heavy (non-hydrogen) atoms. The molecule has 1 heterocycles. The summed E-state index contributed by atoms with van der Waals surface area (Å²) in [6.07, 6.45) is 13.2. The summed E-state index contributed by atoms with van der Waals surface area (Å²) in [5.41, 5.74) is -0.00165. The lowest BCUT2D eigenvalue weighted by molar-refractivity contribution is -0.123. The minimum absolute atomic E-state index is 0.149. The highest BCUT2D eigenvalue weighted by atomic mass is 16.5. The van der Waals surface area contributed by atoms with Crippen molar-refractivity contribution in [2.75, 3.05) is 13.2 Å². The second-order valence-corrected chi connectivity index (χ2v) is 9.30. The van der Waals surface area contributed by atoms with E-state index in [1.54, 1.807) is 24.3 Å². The summed E-state index contributed by atoms with van der Waals surface area (Å²) >= 11 is 0. The molecule has 196 valence electrons. The van der Waals surface area contributed by atoms with Gasteiger partial charge in [-0.25, -0.2) is 4.79 Å². The Balaban J connectivity index is 1.57. The Labute approximate surface area is 208 Å². The predicted molar refractivity (Wildman–Crippen MR) is 139 cm³/mol. The van der Waals surface area contributed by atoms with Gasteiger partial charge >= 0.3 is 5.63 Å². The van der Waals surface area contributed by atoms with Crippen LogP contribution in [0.3, 0.4) is 0 Å². The third kappa shape index (κ3) is 11.7. The van der Waals surface area contributed by atoms with E-state index in [2.05, 4.69) is 12.2 Å². The third-order valence-corrected chi connectivity index (χ3v) is 6.29. The van der Waals surface area contributed by atoms with Crippen LogP contribution in [0.1, 0.15) is 90.4 Å². The maximum absolute atomic E-state index is 12.2. The Morgan fingerprint density at radius 1 is 0.971 bits per heavy atom. The first-order chi connectivity index (χ1) is 17.0. The van der Waals surface area contributed by atoms with Crippen LogP contribution in [0.25, 0.3) is 11.0 Å². The van der Waals surface area contributed by atoms with Crippen LogP contribution in [-0.2, 0) is 4.79 Å². The van der Waals surface area contributed by atoms with Crippen molar-refractivity contribution in [3.8, 4) is 5.75 Å². The molecule has 0 saturated carbocycles. The molecule has 0 fully saturated rings. The number of hydrogen-bond donors (Lipinski definition) is 3. The van der Waals surface area contributed by atoms with Crippen molar-refractivity contribution in [2.45, 2.75) is 103 Å². The lowest BCUT2D eigenvalue weighted by Gasteiger charge is -2.22. The van der Waals surface area contributed by atoms with Gasteiger partial charge in [0.1, 0.15) is 11.3 Å². The minimum atomic E-state index is -0.931. The van der Waals surface area contributed by atoms with Crippen LogP contribution in [0.15, 0.2) is 39.5 Å². The van der Waals surface area contributed by atoms with Gasteiger partial charge in [-0.15, -0.1) is 0 Å². The van der Waals surface area contributed by atoms with Gasteiger partial charge in [0.05, 0.1) is 25.4 Å². The summed E-state index contributed by atoms with van der Waals surface area (Å²) in [5.74, 6) is 0.365. The van der Waals surface area contributed by atoms with Gasteiger partial charge in [0.25, 0.3) is 0 Å². The van der Waals surface area contributed by atoms with Crippen LogP contribution in [0.5, 0.6) is 5.75 Å². The highest BCUT2D eigenvalue weighted by Crippen LogP contribution is 2.20. The number of rotatable bonds is 19. The Morgan fingerprint density at radius 3 is 2.26 bits per heavy atom.